The molecule has 1 aliphatic heterocycles. The van der Waals surface area contributed by atoms with Crippen LogP contribution in [0.5, 0.6) is 0 Å². The number of rotatable bonds is 2. The average molecular weight is 274 g/mol. The van der Waals surface area contributed by atoms with Crippen molar-refractivity contribution in [3.63, 3.8) is 0 Å². The highest BCUT2D eigenvalue weighted by atomic mass is 16.5. The Morgan fingerprint density at radius 1 is 1.45 bits per heavy atom. The molecule has 3 rings (SSSR count). The van der Waals surface area contributed by atoms with Crippen LogP contribution in [0.4, 0.5) is 0 Å². The van der Waals surface area contributed by atoms with Crippen molar-refractivity contribution in [2.45, 2.75) is 25.3 Å². The van der Waals surface area contributed by atoms with Gasteiger partial charge in [0, 0.05) is 6.20 Å². The lowest BCUT2D eigenvalue weighted by atomic mass is 10.0. The lowest BCUT2D eigenvalue weighted by molar-refractivity contribution is 0.0600. The minimum atomic E-state index is -0.355. The van der Waals surface area contributed by atoms with Gasteiger partial charge in [-0.15, -0.1) is 5.10 Å². The van der Waals surface area contributed by atoms with Gasteiger partial charge in [0.1, 0.15) is 0 Å². The molecule has 3 heterocycles. The monoisotopic (exact) mass is 274 g/mol. The third kappa shape index (κ3) is 2.27. The van der Waals surface area contributed by atoms with Gasteiger partial charge in [0.25, 0.3) is 0 Å². The van der Waals surface area contributed by atoms with Gasteiger partial charge in [-0.05, 0) is 38.6 Å². The van der Waals surface area contributed by atoms with Gasteiger partial charge < -0.3 is 4.74 Å². The third-order valence-electron chi connectivity index (χ3n) is 3.84. The highest BCUT2D eigenvalue weighted by Gasteiger charge is 2.24. The summed E-state index contributed by atoms with van der Waals surface area (Å²) >= 11 is 0. The highest BCUT2D eigenvalue weighted by Crippen LogP contribution is 2.27. The minimum absolute atomic E-state index is 0.269. The summed E-state index contributed by atoms with van der Waals surface area (Å²) in [6.07, 6.45) is 5.27. The molecule has 20 heavy (non-hydrogen) atoms. The van der Waals surface area contributed by atoms with Gasteiger partial charge in [0.05, 0.1) is 18.7 Å². The van der Waals surface area contributed by atoms with Gasteiger partial charge in [0.15, 0.2) is 11.5 Å². The third-order valence-corrected chi connectivity index (χ3v) is 3.84. The molecule has 0 aromatic carbocycles. The largest absolute Gasteiger partial charge is 0.465 e. The van der Waals surface area contributed by atoms with E-state index in [1.807, 2.05) is 0 Å². The van der Waals surface area contributed by atoms with Crippen molar-refractivity contribution in [1.82, 2.24) is 19.5 Å². The Labute approximate surface area is 117 Å². The fraction of sp³-hybridized carbons (Fsp3) is 0.500. The fourth-order valence-electron chi connectivity index (χ4n) is 2.69. The zero-order valence-corrected chi connectivity index (χ0v) is 11.7. The summed E-state index contributed by atoms with van der Waals surface area (Å²) in [7, 11) is 3.48. The zero-order chi connectivity index (χ0) is 14.1. The van der Waals surface area contributed by atoms with E-state index in [2.05, 4.69) is 22.0 Å². The van der Waals surface area contributed by atoms with Crippen LogP contribution in [0.15, 0.2) is 18.3 Å². The number of carbonyl (C=O) groups excluding carboxylic acids is 1. The summed E-state index contributed by atoms with van der Waals surface area (Å²) in [4.78, 5) is 18.4. The average Bonchev–Trinajstić information content (AvgIpc) is 2.89. The van der Waals surface area contributed by atoms with E-state index in [1.54, 1.807) is 22.8 Å². The Hall–Kier alpha value is -1.95. The second-order valence-corrected chi connectivity index (χ2v) is 5.17. The molecule has 2 aromatic rings. The van der Waals surface area contributed by atoms with Crippen LogP contribution >= 0.6 is 0 Å². The van der Waals surface area contributed by atoms with Crippen LogP contribution in [0.25, 0.3) is 5.65 Å². The second-order valence-electron chi connectivity index (χ2n) is 5.17. The molecular formula is C14H18N4O2. The maximum absolute atomic E-state index is 11.5. The molecule has 2 aromatic heterocycles. The van der Waals surface area contributed by atoms with E-state index in [0.717, 1.165) is 18.8 Å². The molecule has 106 valence electrons. The van der Waals surface area contributed by atoms with Crippen molar-refractivity contribution < 1.29 is 9.53 Å². The van der Waals surface area contributed by atoms with Crippen molar-refractivity contribution in [2.75, 3.05) is 20.7 Å². The van der Waals surface area contributed by atoms with Gasteiger partial charge in [0.2, 0.25) is 0 Å². The first-order valence-electron chi connectivity index (χ1n) is 6.84. The van der Waals surface area contributed by atoms with Crippen LogP contribution in [-0.4, -0.2) is 46.2 Å². The van der Waals surface area contributed by atoms with E-state index in [4.69, 9.17) is 4.74 Å². The van der Waals surface area contributed by atoms with Crippen LogP contribution in [0.3, 0.4) is 0 Å². The predicted octanol–water partition coefficient (Wildman–Crippen LogP) is 1.67. The maximum atomic E-state index is 11.5. The molecule has 1 atom stereocenters. The molecule has 0 bridgehead atoms. The van der Waals surface area contributed by atoms with Gasteiger partial charge in [-0.1, -0.05) is 6.42 Å². The van der Waals surface area contributed by atoms with Crippen LogP contribution in [0.1, 0.15) is 41.5 Å². The molecule has 0 N–H and O–H groups in total. The standard InChI is InChI=1S/C14H18N4O2/c1-17-7-4-3-5-11(17)13-15-12-9-10(14(19)20-2)6-8-18(12)16-13/h6,8-9,11H,3-5,7H2,1-2H3. The Bertz CT molecular complexity index is 637. The molecule has 0 spiro atoms. The van der Waals surface area contributed by atoms with Crippen molar-refractivity contribution in [1.29, 1.82) is 0 Å². The van der Waals surface area contributed by atoms with Gasteiger partial charge >= 0.3 is 5.97 Å². The second kappa shape index (κ2) is 5.20. The van der Waals surface area contributed by atoms with E-state index >= 15 is 0 Å². The minimum Gasteiger partial charge on any atom is -0.465 e. The summed E-state index contributed by atoms with van der Waals surface area (Å²) in [5.41, 5.74) is 1.18. The van der Waals surface area contributed by atoms with Crippen molar-refractivity contribution in [3.8, 4) is 0 Å². The van der Waals surface area contributed by atoms with Crippen LogP contribution in [0.2, 0.25) is 0 Å². The molecule has 0 amide bonds. The summed E-state index contributed by atoms with van der Waals surface area (Å²) in [6.45, 7) is 1.08. The SMILES string of the molecule is COC(=O)c1ccn2nc(C3CCCCN3C)nc2c1. The van der Waals surface area contributed by atoms with Crippen LogP contribution < -0.4 is 0 Å². The number of hydrogen-bond acceptors (Lipinski definition) is 5. The van der Waals surface area contributed by atoms with Gasteiger partial charge in [-0.25, -0.2) is 14.3 Å². The van der Waals surface area contributed by atoms with Crippen molar-refractivity contribution in [3.05, 3.63) is 29.7 Å². The van der Waals surface area contributed by atoms with Gasteiger partial charge in [-0.2, -0.15) is 0 Å². The summed E-state index contributed by atoms with van der Waals surface area (Å²) < 4.78 is 6.43. The first-order chi connectivity index (χ1) is 9.69. The summed E-state index contributed by atoms with van der Waals surface area (Å²) in [6, 6.07) is 3.68. The number of likely N-dealkylation sites (tertiary alicyclic amines) is 1. The zero-order valence-electron chi connectivity index (χ0n) is 11.7. The smallest absolute Gasteiger partial charge is 0.338 e. The number of nitrogens with zero attached hydrogens (tertiary/aromatic N) is 4. The number of methoxy groups -OCH3 is 1. The first kappa shape index (κ1) is 13.1. The van der Waals surface area contributed by atoms with E-state index in [-0.39, 0.29) is 12.0 Å². The predicted molar refractivity (Wildman–Crippen MR) is 73.5 cm³/mol. The number of aromatic nitrogens is 3. The highest BCUT2D eigenvalue weighted by molar-refractivity contribution is 5.90. The van der Waals surface area contributed by atoms with Crippen LogP contribution in [-0.2, 0) is 4.74 Å². The molecule has 1 aliphatic rings. The summed E-state index contributed by atoms with van der Waals surface area (Å²) in [5.74, 6) is 0.473. The lowest BCUT2D eigenvalue weighted by Gasteiger charge is -2.30. The lowest BCUT2D eigenvalue weighted by Crippen LogP contribution is -2.30. The Morgan fingerprint density at radius 3 is 3.05 bits per heavy atom. The van der Waals surface area contributed by atoms with E-state index in [1.165, 1.54) is 20.0 Å². The van der Waals surface area contributed by atoms with Crippen LogP contribution in [0, 0.1) is 0 Å². The fourth-order valence-corrected chi connectivity index (χ4v) is 2.69. The van der Waals surface area contributed by atoms with Crippen molar-refractivity contribution in [2.24, 2.45) is 0 Å². The number of piperidine rings is 1. The molecule has 0 radical (unpaired) electrons. The number of fused-ring (bicyclic) bond motifs is 1. The Balaban J connectivity index is 1.95. The number of ether oxygens (including phenoxy) is 1. The maximum Gasteiger partial charge on any atom is 0.338 e. The Morgan fingerprint density at radius 2 is 2.30 bits per heavy atom. The number of esters is 1. The molecular weight excluding hydrogens is 256 g/mol. The first-order valence-corrected chi connectivity index (χ1v) is 6.84. The molecule has 1 fully saturated rings. The van der Waals surface area contributed by atoms with E-state index in [9.17, 15) is 4.79 Å². The summed E-state index contributed by atoms with van der Waals surface area (Å²) in [5, 5.41) is 4.52. The van der Waals surface area contributed by atoms with E-state index in [0.29, 0.717) is 11.2 Å². The molecule has 0 aliphatic carbocycles. The number of hydrogen-bond donors (Lipinski definition) is 0. The van der Waals surface area contributed by atoms with Crippen molar-refractivity contribution >= 4 is 11.6 Å². The molecule has 1 saturated heterocycles. The van der Waals surface area contributed by atoms with E-state index < -0.39 is 0 Å². The van der Waals surface area contributed by atoms with Gasteiger partial charge in [-0.3, -0.25) is 4.90 Å². The molecule has 1 unspecified atom stereocenters. The Kier molecular flexibility index (Phi) is 3.40. The number of carbonyl (C=O) groups is 1. The molecule has 0 saturated carbocycles. The molecule has 6 heteroatoms. The topological polar surface area (TPSA) is 59.7 Å². The normalized spacial score (nSPS) is 20.2. The molecule has 6 nitrogen and oxygen atoms in total. The number of pyridine rings is 1. The quantitative estimate of drug-likeness (QED) is 0.780.